The third-order valence-electron chi connectivity index (χ3n) is 3.96. The molecule has 0 heterocycles. The normalized spacial score (nSPS) is 10.1. The van der Waals surface area contributed by atoms with Crippen molar-refractivity contribution in [3.8, 4) is 11.5 Å². The molecule has 0 aliphatic rings. The van der Waals surface area contributed by atoms with Crippen LogP contribution in [0.15, 0.2) is 42.5 Å². The van der Waals surface area contributed by atoms with E-state index in [1.807, 2.05) is 30.3 Å². The topological polar surface area (TPSA) is 131 Å². The molecule has 2 rings (SSSR count). The molecule has 10 heteroatoms. The molecule has 0 N–H and O–H groups in total. The van der Waals surface area contributed by atoms with Crippen LogP contribution in [0.3, 0.4) is 0 Å². The van der Waals surface area contributed by atoms with E-state index in [2.05, 4.69) is 9.47 Å². The van der Waals surface area contributed by atoms with Gasteiger partial charge in [-0.15, -0.1) is 0 Å². The molecule has 31 heavy (non-hydrogen) atoms. The first kappa shape index (κ1) is 23.3. The van der Waals surface area contributed by atoms with E-state index in [1.54, 1.807) is 0 Å². The number of nitro benzene ring substituents is 1. The van der Waals surface area contributed by atoms with Crippen LogP contribution in [-0.4, -0.2) is 36.2 Å². The monoisotopic (exact) mass is 431 g/mol. The number of ether oxygens (including phenoxy) is 4. The average molecular weight is 431 g/mol. The second kappa shape index (κ2) is 11.3. The highest BCUT2D eigenvalue weighted by Gasteiger charge is 2.32. The fourth-order valence-corrected chi connectivity index (χ4v) is 2.64. The zero-order chi connectivity index (χ0) is 22.8. The van der Waals surface area contributed by atoms with Gasteiger partial charge in [0, 0.05) is 6.42 Å². The van der Waals surface area contributed by atoms with Gasteiger partial charge in [0.25, 0.3) is 5.75 Å². The van der Waals surface area contributed by atoms with Crippen molar-refractivity contribution in [2.75, 3.05) is 13.2 Å². The predicted molar refractivity (Wildman–Crippen MR) is 107 cm³/mol. The van der Waals surface area contributed by atoms with Crippen molar-refractivity contribution in [2.45, 2.75) is 26.7 Å². The summed E-state index contributed by atoms with van der Waals surface area (Å²) in [5.41, 5.74) is -0.229. The van der Waals surface area contributed by atoms with Crippen LogP contribution in [0.2, 0.25) is 0 Å². The molecule has 0 aliphatic heterocycles. The van der Waals surface area contributed by atoms with Crippen LogP contribution in [-0.2, 0) is 15.9 Å². The van der Waals surface area contributed by atoms with E-state index in [0.29, 0.717) is 6.42 Å². The van der Waals surface area contributed by atoms with Crippen LogP contribution in [0.25, 0.3) is 0 Å². The molecule has 0 bridgehead atoms. The van der Waals surface area contributed by atoms with Crippen molar-refractivity contribution in [3.63, 3.8) is 0 Å². The molecule has 0 fully saturated rings. The minimum atomic E-state index is -1.26. The molecule has 0 spiro atoms. The van der Waals surface area contributed by atoms with Gasteiger partial charge in [0.05, 0.1) is 23.7 Å². The molecule has 164 valence electrons. The quantitative estimate of drug-likeness (QED) is 0.185. The van der Waals surface area contributed by atoms with Crippen molar-refractivity contribution < 1.29 is 38.3 Å². The lowest BCUT2D eigenvalue weighted by Gasteiger charge is -2.12. The summed E-state index contributed by atoms with van der Waals surface area (Å²) >= 11 is 0. The first-order valence-corrected chi connectivity index (χ1v) is 9.45. The number of hydrogen-bond donors (Lipinski definition) is 0. The van der Waals surface area contributed by atoms with Crippen molar-refractivity contribution in [2.24, 2.45) is 0 Å². The third kappa shape index (κ3) is 6.53. The first-order chi connectivity index (χ1) is 14.9. The van der Waals surface area contributed by atoms with E-state index in [1.165, 1.54) is 13.8 Å². The van der Waals surface area contributed by atoms with Gasteiger partial charge in [-0.25, -0.2) is 9.59 Å². The van der Waals surface area contributed by atoms with Crippen LogP contribution in [0.5, 0.6) is 11.5 Å². The van der Waals surface area contributed by atoms with Crippen molar-refractivity contribution in [1.82, 2.24) is 0 Å². The molecular formula is C21H21NO9. The Hall–Kier alpha value is -3.95. The summed E-state index contributed by atoms with van der Waals surface area (Å²) in [5, 5.41) is 11.8. The highest BCUT2D eigenvalue weighted by Crippen LogP contribution is 2.41. The summed E-state index contributed by atoms with van der Waals surface area (Å²) in [7, 11) is 0. The highest BCUT2D eigenvalue weighted by molar-refractivity contribution is 6.01. The van der Waals surface area contributed by atoms with Crippen LogP contribution in [0.4, 0.5) is 15.3 Å². The summed E-state index contributed by atoms with van der Waals surface area (Å²) in [6.07, 6.45) is -2.09. The zero-order valence-corrected chi connectivity index (χ0v) is 17.0. The van der Waals surface area contributed by atoms with Gasteiger partial charge in [-0.1, -0.05) is 30.3 Å². The Morgan fingerprint density at radius 3 is 2.10 bits per heavy atom. The molecule has 0 saturated carbocycles. The Morgan fingerprint density at radius 1 is 0.903 bits per heavy atom. The lowest BCUT2D eigenvalue weighted by molar-refractivity contribution is -0.386. The van der Waals surface area contributed by atoms with Crippen molar-refractivity contribution in [1.29, 1.82) is 0 Å². The Kier molecular flexibility index (Phi) is 8.50. The number of nitro groups is 1. The number of rotatable bonds is 9. The zero-order valence-electron chi connectivity index (χ0n) is 17.0. The minimum Gasteiger partial charge on any atom is -0.434 e. The Morgan fingerprint density at radius 2 is 1.52 bits per heavy atom. The van der Waals surface area contributed by atoms with E-state index in [0.717, 1.165) is 17.7 Å². The van der Waals surface area contributed by atoms with Crippen LogP contribution < -0.4 is 9.47 Å². The van der Waals surface area contributed by atoms with Gasteiger partial charge in [-0.05, 0) is 38.0 Å². The maximum Gasteiger partial charge on any atom is 0.514 e. The van der Waals surface area contributed by atoms with Gasteiger partial charge in [0.2, 0.25) is 0 Å². The maximum absolute atomic E-state index is 12.7. The van der Waals surface area contributed by atoms with E-state index in [9.17, 15) is 24.5 Å². The van der Waals surface area contributed by atoms with Gasteiger partial charge in [-0.3, -0.25) is 14.9 Å². The molecule has 0 atom stereocenters. The third-order valence-corrected chi connectivity index (χ3v) is 3.96. The molecule has 0 radical (unpaired) electrons. The first-order valence-electron chi connectivity index (χ1n) is 9.45. The number of benzene rings is 2. The molecule has 0 aromatic heterocycles. The molecule has 0 saturated heterocycles. The number of ketones is 1. The molecule has 0 aliphatic carbocycles. The SMILES string of the molecule is CCOC(=O)Oc1ccc(C(=O)CCc2ccccc2)c([N+](=O)[O-])c1OC(=O)OCC. The fourth-order valence-electron chi connectivity index (χ4n) is 2.64. The molecular weight excluding hydrogens is 410 g/mol. The van der Waals surface area contributed by atoms with Crippen molar-refractivity contribution >= 4 is 23.8 Å². The van der Waals surface area contributed by atoms with Gasteiger partial charge < -0.3 is 18.9 Å². The Balaban J connectivity index is 2.42. The molecule has 2 aromatic rings. The smallest absolute Gasteiger partial charge is 0.434 e. The number of carbonyl (C=O) groups is 3. The van der Waals surface area contributed by atoms with E-state index in [4.69, 9.17) is 9.47 Å². The maximum atomic E-state index is 12.7. The van der Waals surface area contributed by atoms with E-state index >= 15 is 0 Å². The molecule has 0 unspecified atom stereocenters. The standard InChI is InChI=1S/C21H21NO9/c1-3-28-20(24)30-17-13-11-15(16(23)12-10-14-8-6-5-7-9-14)18(22(26)27)19(17)31-21(25)29-4-2/h5-9,11,13H,3-4,10,12H2,1-2H3. The summed E-state index contributed by atoms with van der Waals surface area (Å²) < 4.78 is 19.1. The van der Waals surface area contributed by atoms with Gasteiger partial charge >= 0.3 is 18.0 Å². The largest absolute Gasteiger partial charge is 0.514 e. The van der Waals surface area contributed by atoms with Crippen LogP contribution in [0, 0.1) is 10.1 Å². The molecule has 0 amide bonds. The molecule has 2 aromatic carbocycles. The van der Waals surface area contributed by atoms with Crippen LogP contribution >= 0.6 is 0 Å². The summed E-state index contributed by atoms with van der Waals surface area (Å²) in [5.74, 6) is -1.73. The predicted octanol–water partition coefficient (Wildman–Crippen LogP) is 4.48. The van der Waals surface area contributed by atoms with Gasteiger partial charge in [0.15, 0.2) is 11.5 Å². The number of Topliss-reactive ketones (excluding diaryl/α,β-unsaturated/α-hetero) is 1. The van der Waals surface area contributed by atoms with Gasteiger partial charge in [0.1, 0.15) is 0 Å². The summed E-state index contributed by atoms with van der Waals surface area (Å²) in [6, 6.07) is 11.4. The lowest BCUT2D eigenvalue weighted by atomic mass is 10.0. The number of aryl methyl sites for hydroxylation is 1. The molecule has 10 nitrogen and oxygen atoms in total. The van der Waals surface area contributed by atoms with Gasteiger partial charge in [-0.2, -0.15) is 0 Å². The second-order valence-corrected chi connectivity index (χ2v) is 6.03. The summed E-state index contributed by atoms with van der Waals surface area (Å²) in [6.45, 7) is 2.98. The minimum absolute atomic E-state index is 0.00888. The Labute approximate surface area is 177 Å². The lowest BCUT2D eigenvalue weighted by Crippen LogP contribution is -2.16. The number of nitrogens with zero attached hydrogens (tertiary/aromatic N) is 1. The second-order valence-electron chi connectivity index (χ2n) is 6.03. The highest BCUT2D eigenvalue weighted by atomic mass is 16.7. The van der Waals surface area contributed by atoms with E-state index in [-0.39, 0.29) is 25.2 Å². The average Bonchev–Trinajstić information content (AvgIpc) is 2.73. The van der Waals surface area contributed by atoms with E-state index < -0.39 is 40.2 Å². The Bertz CT molecular complexity index is 957. The number of hydrogen-bond acceptors (Lipinski definition) is 9. The van der Waals surface area contributed by atoms with Crippen LogP contribution in [0.1, 0.15) is 36.2 Å². The summed E-state index contributed by atoms with van der Waals surface area (Å²) in [4.78, 5) is 47.1. The number of carbonyl (C=O) groups excluding carboxylic acids is 3. The van der Waals surface area contributed by atoms with Crippen molar-refractivity contribution in [3.05, 3.63) is 63.7 Å². The fraction of sp³-hybridized carbons (Fsp3) is 0.286.